The maximum atomic E-state index is 15.1. The van der Waals surface area contributed by atoms with Gasteiger partial charge in [-0.15, -0.1) is 0 Å². The minimum atomic E-state index is -3.14. The number of aromatic nitrogens is 12. The predicted octanol–water partition coefficient (Wildman–Crippen LogP) is 25.4. The van der Waals surface area contributed by atoms with Crippen molar-refractivity contribution >= 4 is 112 Å². The van der Waals surface area contributed by atoms with Crippen molar-refractivity contribution in [3.63, 3.8) is 0 Å². The Balaban J connectivity index is 0.000000147. The Morgan fingerprint density at radius 1 is 0.228 bits per heavy atom. The Morgan fingerprint density at radius 3 is 0.919 bits per heavy atom. The molecular weight excluding hydrogens is 1560 g/mol. The number of fused-ring (bicyclic) bond motifs is 13. The first-order valence-electron chi connectivity index (χ1n) is 40.7. The first kappa shape index (κ1) is 74.1. The summed E-state index contributed by atoms with van der Waals surface area (Å²) in [6.07, 6.45) is 0. The number of hydrogen-bond donors (Lipinski definition) is 0. The van der Waals surface area contributed by atoms with Gasteiger partial charge in [0.1, 0.15) is 22.1 Å². The van der Waals surface area contributed by atoms with Crippen LogP contribution in [-0.4, -0.2) is 57.4 Å². The summed E-state index contributed by atoms with van der Waals surface area (Å²) >= 11 is 2.47. The van der Waals surface area contributed by atoms with Crippen LogP contribution in [-0.2, 0) is 9.98 Å². The van der Waals surface area contributed by atoms with Gasteiger partial charge >= 0.3 is 0 Å². The molecule has 1 aliphatic rings. The number of pyridine rings is 2. The molecular formula is C107H69N12OPS2. The third-order valence-electron chi connectivity index (χ3n) is 23.5. The smallest absolute Gasteiger partial charge is 0.171 e. The van der Waals surface area contributed by atoms with E-state index in [2.05, 4.69) is 223 Å². The maximum absolute atomic E-state index is 15.1. The number of nitrogens with zero attached hydrogens (tertiary/aromatic N) is 12. The van der Waals surface area contributed by atoms with Crippen LogP contribution in [0.15, 0.2) is 382 Å². The van der Waals surface area contributed by atoms with Gasteiger partial charge in [-0.1, -0.05) is 354 Å². The highest BCUT2D eigenvalue weighted by atomic mass is 32.1. The van der Waals surface area contributed by atoms with Crippen LogP contribution in [0.4, 0.5) is 0 Å². The molecule has 16 heteroatoms. The molecule has 16 aromatic carbocycles. The van der Waals surface area contributed by atoms with Crippen molar-refractivity contribution in [2.45, 2.75) is 19.3 Å². The Labute approximate surface area is 716 Å². The Bertz CT molecular complexity index is 7840. The molecule has 0 atom stereocenters. The van der Waals surface area contributed by atoms with E-state index in [0.29, 0.717) is 34.9 Å². The van der Waals surface area contributed by atoms with Crippen molar-refractivity contribution < 1.29 is 4.57 Å². The summed E-state index contributed by atoms with van der Waals surface area (Å²) in [4.78, 5) is 40.6. The third-order valence-corrected chi connectivity index (χ3v) is 27.7. The van der Waals surface area contributed by atoms with E-state index in [0.717, 1.165) is 165 Å². The molecule has 0 unspecified atom stereocenters. The highest BCUT2D eigenvalue weighted by Gasteiger charge is 2.36. The van der Waals surface area contributed by atoms with Crippen molar-refractivity contribution in [2.24, 2.45) is 0 Å². The van der Waals surface area contributed by atoms with Gasteiger partial charge in [0, 0.05) is 98.2 Å². The lowest BCUT2D eigenvalue weighted by Gasteiger charge is -2.22. The Kier molecular flexibility index (Phi) is 18.6. The highest BCUT2D eigenvalue weighted by Crippen LogP contribution is 2.51. The molecule has 0 radical (unpaired) electrons. The van der Waals surface area contributed by atoms with Gasteiger partial charge in [0.05, 0.1) is 45.9 Å². The van der Waals surface area contributed by atoms with E-state index in [9.17, 15) is 0 Å². The van der Waals surface area contributed by atoms with Crippen LogP contribution < -0.4 is 15.9 Å². The van der Waals surface area contributed by atoms with Crippen LogP contribution in [0.3, 0.4) is 0 Å². The van der Waals surface area contributed by atoms with E-state index in [-0.39, 0.29) is 5.41 Å². The molecule has 0 saturated heterocycles. The quantitative estimate of drug-likeness (QED) is 0.0744. The zero-order chi connectivity index (χ0) is 82.1. The summed E-state index contributed by atoms with van der Waals surface area (Å²) in [5, 5.41) is 8.66. The van der Waals surface area contributed by atoms with Crippen molar-refractivity contribution in [2.75, 3.05) is 0 Å². The average molecular weight is 1630 g/mol. The monoisotopic (exact) mass is 1630 g/mol. The second kappa shape index (κ2) is 30.8. The largest absolute Gasteiger partial charge is 0.309 e. The van der Waals surface area contributed by atoms with E-state index >= 15 is 4.57 Å². The topological polar surface area (TPSA) is 172 Å². The summed E-state index contributed by atoms with van der Waals surface area (Å²) in [7, 11) is -3.14. The molecule has 0 bridgehead atoms. The molecule has 6 aromatic heterocycles. The summed E-state index contributed by atoms with van der Waals surface area (Å²) in [5.74, 6) is 3.52. The zero-order valence-electron chi connectivity index (χ0n) is 66.4. The molecule has 0 saturated carbocycles. The van der Waals surface area contributed by atoms with Gasteiger partial charge in [-0.05, 0) is 98.1 Å². The first-order valence-corrected chi connectivity index (χ1v) is 43.8. The van der Waals surface area contributed by atoms with Gasteiger partial charge in [-0.2, -0.15) is 17.5 Å². The average Bonchev–Trinajstić information content (AvgIpc) is 1.59. The molecule has 0 aliphatic heterocycles. The molecule has 0 N–H and O–H groups in total. The van der Waals surface area contributed by atoms with E-state index in [1.165, 1.54) is 51.3 Å². The minimum Gasteiger partial charge on any atom is -0.309 e. The Hall–Kier alpha value is -15.3. The van der Waals surface area contributed by atoms with Crippen LogP contribution in [0.2, 0.25) is 0 Å². The van der Waals surface area contributed by atoms with Gasteiger partial charge in [-0.25, -0.2) is 39.9 Å². The lowest BCUT2D eigenvalue weighted by molar-refractivity contribution is 0.592. The fourth-order valence-electron chi connectivity index (χ4n) is 17.2. The van der Waals surface area contributed by atoms with Crippen LogP contribution in [0.5, 0.6) is 0 Å². The SMILES string of the molecule is CC1(C)c2ccccc2-c2ccc(-c3ccc(-c4nc(-c5ccccc5)nc(-c5ccc(-c6ccc7c(c6)nc(-c6ccccc6)c6ccc8nsnc8c67)cc5)n4)cc3)cc21.O=P(c1ccccc1)(c1ccccc1)c1ccc(-c2nc(-c3ccccc3)nc(-c3ccc(-c4ccc5c(c4)nc(-c4ccccc4)c4ccc6nsnc6c45)cc3)n2)cc1. The molecule has 22 aromatic rings. The van der Waals surface area contributed by atoms with Gasteiger partial charge in [0.2, 0.25) is 0 Å². The minimum absolute atomic E-state index is 0.0584. The van der Waals surface area contributed by atoms with Gasteiger partial charge in [0.15, 0.2) is 42.1 Å². The highest BCUT2D eigenvalue weighted by molar-refractivity contribution is 7.85. The first-order chi connectivity index (χ1) is 60.6. The molecule has 0 spiro atoms. The van der Waals surface area contributed by atoms with Crippen LogP contribution >= 0.6 is 30.6 Å². The van der Waals surface area contributed by atoms with Gasteiger partial charge in [0.25, 0.3) is 0 Å². The second-order valence-corrected chi connectivity index (χ2v) is 35.0. The van der Waals surface area contributed by atoms with E-state index < -0.39 is 7.14 Å². The van der Waals surface area contributed by atoms with Crippen LogP contribution in [0.25, 0.3) is 201 Å². The fraction of sp³-hybridized carbons (Fsp3) is 0.0280. The molecule has 23 rings (SSSR count). The summed E-state index contributed by atoms with van der Waals surface area (Å²) in [5.41, 5.74) is 26.5. The molecule has 6 heterocycles. The second-order valence-electron chi connectivity index (χ2n) is 31.2. The lowest BCUT2D eigenvalue weighted by atomic mass is 9.81. The summed E-state index contributed by atoms with van der Waals surface area (Å²) in [6, 6.07) is 130. The van der Waals surface area contributed by atoms with Gasteiger partial charge in [-0.3, -0.25) is 0 Å². The summed E-state index contributed by atoms with van der Waals surface area (Å²) in [6.45, 7) is 4.64. The number of hydrogen-bond acceptors (Lipinski definition) is 15. The lowest BCUT2D eigenvalue weighted by Crippen LogP contribution is -2.24. The molecule has 0 fully saturated rings. The molecule has 580 valence electrons. The molecule has 1 aliphatic carbocycles. The molecule has 123 heavy (non-hydrogen) atoms. The fourth-order valence-corrected chi connectivity index (χ4v) is 21.0. The normalized spacial score (nSPS) is 12.2. The summed E-state index contributed by atoms with van der Waals surface area (Å²) < 4.78 is 33.6. The number of benzene rings is 16. The van der Waals surface area contributed by atoms with E-state index in [1.807, 2.05) is 182 Å². The third kappa shape index (κ3) is 13.5. The zero-order valence-corrected chi connectivity index (χ0v) is 68.9. The van der Waals surface area contributed by atoms with Crippen molar-refractivity contribution in [3.05, 3.63) is 393 Å². The molecule has 13 nitrogen and oxygen atoms in total. The van der Waals surface area contributed by atoms with E-state index in [1.54, 1.807) is 0 Å². The van der Waals surface area contributed by atoms with Crippen molar-refractivity contribution in [3.8, 4) is 135 Å². The van der Waals surface area contributed by atoms with Crippen LogP contribution in [0.1, 0.15) is 25.0 Å². The van der Waals surface area contributed by atoms with E-state index in [4.69, 9.17) is 48.6 Å². The number of rotatable bonds is 14. The Morgan fingerprint density at radius 2 is 0.520 bits per heavy atom. The maximum Gasteiger partial charge on any atom is 0.171 e. The van der Waals surface area contributed by atoms with Gasteiger partial charge < -0.3 is 4.57 Å². The van der Waals surface area contributed by atoms with Crippen LogP contribution in [0, 0.1) is 0 Å². The standard InChI is InChI=1S/C55H36N6S.C52H33N6OPS/c1-55(2)45-16-10-9-15-41(45)42-27-25-39(31-46(42)55)33-17-21-37(22-18-33)53-57-52(36-13-7-4-8-14-36)58-54(59-53)38-23-19-34(20-24-38)40-26-28-43-48(32-40)56-50(35-11-5-3-6-12-35)44-29-30-47-51(49(43)44)61-62-60-47;59-60(40-17-9-3-10-18-40,41-19-11-4-12-20-41)42-28-25-38(26-29-42)52-55-50(36-15-7-2-8-16-36)54-51(56-52)37-23-21-34(22-24-37)39-27-30-43-46(33-39)53-48(35-13-5-1-6-14-35)44-31-32-45-49(47(43)44)58-61-57-45/h3-32H,1-2H3;1-33H. The van der Waals surface area contributed by atoms with Crippen molar-refractivity contribution in [1.29, 1.82) is 0 Å². The van der Waals surface area contributed by atoms with Crippen molar-refractivity contribution in [1.82, 2.24) is 57.4 Å². The molecule has 0 amide bonds. The predicted molar refractivity (Wildman–Crippen MR) is 504 cm³/mol.